The van der Waals surface area contributed by atoms with Crippen molar-refractivity contribution in [3.63, 3.8) is 0 Å². The van der Waals surface area contributed by atoms with Gasteiger partial charge in [-0.2, -0.15) is 0 Å². The van der Waals surface area contributed by atoms with Gasteiger partial charge in [-0.25, -0.2) is 4.90 Å². The lowest BCUT2D eigenvalue weighted by Gasteiger charge is -2.29. The number of benzene rings is 2. The van der Waals surface area contributed by atoms with Crippen LogP contribution in [0.3, 0.4) is 0 Å². The second kappa shape index (κ2) is 10.1. The minimum atomic E-state index is -0.912. The molecule has 0 bridgehead atoms. The number of hydrogen-bond acceptors (Lipinski definition) is 9. The molecule has 0 radical (unpaired) electrons. The number of nitrogens with zero attached hydrogens (tertiary/aromatic N) is 3. The molecule has 3 atom stereocenters. The highest BCUT2D eigenvalue weighted by Gasteiger charge is 2.57. The molecule has 40 heavy (non-hydrogen) atoms. The Hall–Kier alpha value is -4.20. The van der Waals surface area contributed by atoms with E-state index in [4.69, 9.17) is 16.0 Å². The highest BCUT2D eigenvalue weighted by molar-refractivity contribution is 8.00. The molecule has 3 amide bonds. The second-order valence-corrected chi connectivity index (χ2v) is 11.6. The Bertz CT molecular complexity index is 1720. The molecule has 4 aromatic rings. The number of nitrogens with one attached hydrogen (secondary N) is 1. The second-order valence-electron chi connectivity index (χ2n) is 9.02. The Labute approximate surface area is 238 Å². The fourth-order valence-corrected chi connectivity index (χ4v) is 7.76. The van der Waals surface area contributed by atoms with Crippen LogP contribution in [0.2, 0.25) is 5.02 Å². The van der Waals surface area contributed by atoms with Crippen LogP contribution in [0.5, 0.6) is 0 Å². The monoisotopic (exact) mass is 596 g/mol. The number of aromatic nitrogens is 1. The smallest absolute Gasteiger partial charge is 0.308 e. The SMILES string of the molecule is O=C(Cn1c2c(sc1=O)[C@@H](c1ccco1)[C@@H]1C(=O)N(c3ccc([N+](=O)[O-])cc3)C(=O)[C@@H]1S2)Nc1ccc(Cl)cc1. The molecule has 0 spiro atoms. The molecule has 0 saturated carbocycles. The first kappa shape index (κ1) is 26.0. The predicted octanol–water partition coefficient (Wildman–Crippen LogP) is 4.50. The largest absolute Gasteiger partial charge is 0.469 e. The van der Waals surface area contributed by atoms with Gasteiger partial charge >= 0.3 is 4.87 Å². The van der Waals surface area contributed by atoms with E-state index < -0.39 is 44.6 Å². The topological polar surface area (TPSA) is 145 Å². The summed E-state index contributed by atoms with van der Waals surface area (Å²) in [4.78, 5) is 65.0. The van der Waals surface area contributed by atoms with Crippen molar-refractivity contribution in [3.05, 3.63) is 102 Å². The summed E-state index contributed by atoms with van der Waals surface area (Å²) in [6.07, 6.45) is 1.44. The molecule has 4 heterocycles. The van der Waals surface area contributed by atoms with E-state index in [9.17, 15) is 29.3 Å². The number of nitro groups is 1. The van der Waals surface area contributed by atoms with Gasteiger partial charge in [0.15, 0.2) is 0 Å². The van der Waals surface area contributed by atoms with Gasteiger partial charge < -0.3 is 9.73 Å². The van der Waals surface area contributed by atoms with Crippen LogP contribution in [0.15, 0.2) is 81.2 Å². The molecule has 2 aromatic carbocycles. The van der Waals surface area contributed by atoms with E-state index >= 15 is 0 Å². The number of hydrogen-bond donors (Lipinski definition) is 1. The first-order valence-electron chi connectivity index (χ1n) is 11.8. The summed E-state index contributed by atoms with van der Waals surface area (Å²) in [5.74, 6) is -2.70. The van der Waals surface area contributed by atoms with Crippen LogP contribution in [-0.4, -0.2) is 32.5 Å². The average molecular weight is 597 g/mol. The first-order valence-corrected chi connectivity index (χ1v) is 13.9. The van der Waals surface area contributed by atoms with E-state index in [1.165, 1.54) is 35.1 Å². The Morgan fingerprint density at radius 2 is 1.77 bits per heavy atom. The molecular formula is C26H17ClN4O7S2. The predicted molar refractivity (Wildman–Crippen MR) is 148 cm³/mol. The van der Waals surface area contributed by atoms with Crippen molar-refractivity contribution in [2.75, 3.05) is 10.2 Å². The molecule has 0 aliphatic carbocycles. The average Bonchev–Trinajstić information content (AvgIpc) is 3.63. The van der Waals surface area contributed by atoms with Gasteiger partial charge in [-0.1, -0.05) is 34.7 Å². The molecule has 1 saturated heterocycles. The third-order valence-corrected chi connectivity index (χ3v) is 9.50. The molecule has 11 nitrogen and oxygen atoms in total. The van der Waals surface area contributed by atoms with Gasteiger partial charge in [0.1, 0.15) is 17.6 Å². The minimum Gasteiger partial charge on any atom is -0.469 e. The number of halogens is 1. The van der Waals surface area contributed by atoms with E-state index in [1.54, 1.807) is 36.4 Å². The number of thioether (sulfide) groups is 1. The minimum absolute atomic E-state index is 0.175. The van der Waals surface area contributed by atoms with E-state index in [1.807, 2.05) is 0 Å². The number of non-ortho nitro benzene ring substituents is 1. The number of fused-ring (bicyclic) bond motifs is 2. The van der Waals surface area contributed by atoms with Gasteiger partial charge in [-0.15, -0.1) is 0 Å². The van der Waals surface area contributed by atoms with Gasteiger partial charge in [-0.05, 0) is 48.5 Å². The maximum atomic E-state index is 13.7. The van der Waals surface area contributed by atoms with Crippen molar-refractivity contribution in [3.8, 4) is 0 Å². The Kier molecular flexibility index (Phi) is 6.56. The molecule has 2 aromatic heterocycles. The highest BCUT2D eigenvalue weighted by atomic mass is 35.5. The van der Waals surface area contributed by atoms with Gasteiger partial charge in [0, 0.05) is 22.8 Å². The van der Waals surface area contributed by atoms with Crippen LogP contribution >= 0.6 is 34.7 Å². The zero-order valence-corrected chi connectivity index (χ0v) is 22.6. The maximum absolute atomic E-state index is 13.7. The number of nitro benzene ring substituents is 1. The number of anilines is 2. The van der Waals surface area contributed by atoms with Crippen LogP contribution < -0.4 is 15.1 Å². The summed E-state index contributed by atoms with van der Waals surface area (Å²) in [6, 6.07) is 15.0. The van der Waals surface area contributed by atoms with Crippen LogP contribution in [0, 0.1) is 16.0 Å². The van der Waals surface area contributed by atoms with E-state index in [0.29, 0.717) is 26.4 Å². The summed E-state index contributed by atoms with van der Waals surface area (Å²) >= 11 is 7.86. The lowest BCUT2D eigenvalue weighted by Crippen LogP contribution is -2.32. The number of amides is 3. The number of rotatable bonds is 6. The number of thiazole rings is 1. The molecule has 1 N–H and O–H groups in total. The zero-order valence-electron chi connectivity index (χ0n) is 20.2. The zero-order chi connectivity index (χ0) is 28.1. The van der Waals surface area contributed by atoms with Crippen molar-refractivity contribution in [1.29, 1.82) is 0 Å². The van der Waals surface area contributed by atoms with Gasteiger partial charge in [0.2, 0.25) is 17.7 Å². The molecule has 2 aliphatic rings. The fraction of sp³-hybridized carbons (Fsp3) is 0.154. The van der Waals surface area contributed by atoms with Crippen molar-refractivity contribution in [2.24, 2.45) is 5.92 Å². The van der Waals surface area contributed by atoms with E-state index in [2.05, 4.69) is 5.32 Å². The lowest BCUT2D eigenvalue weighted by atomic mass is 9.87. The number of carbonyl (C=O) groups is 3. The quantitative estimate of drug-likeness (QED) is 0.195. The van der Waals surface area contributed by atoms with Crippen molar-refractivity contribution < 1.29 is 23.7 Å². The normalized spacial score (nSPS) is 19.8. The fourth-order valence-electron chi connectivity index (χ4n) is 4.89. The number of furan rings is 1. The summed E-state index contributed by atoms with van der Waals surface area (Å²) in [6.45, 7) is -0.309. The van der Waals surface area contributed by atoms with Crippen molar-refractivity contribution >= 4 is 69.5 Å². The lowest BCUT2D eigenvalue weighted by molar-refractivity contribution is -0.384. The van der Waals surface area contributed by atoms with E-state index in [-0.39, 0.29) is 17.9 Å². The molecule has 202 valence electrons. The maximum Gasteiger partial charge on any atom is 0.308 e. The van der Waals surface area contributed by atoms with E-state index in [0.717, 1.165) is 28.0 Å². The van der Waals surface area contributed by atoms with Crippen LogP contribution in [0.4, 0.5) is 17.1 Å². The van der Waals surface area contributed by atoms with Crippen LogP contribution in [0.1, 0.15) is 16.6 Å². The van der Waals surface area contributed by atoms with Crippen LogP contribution in [-0.2, 0) is 20.9 Å². The molecular weight excluding hydrogens is 580 g/mol. The first-order chi connectivity index (χ1) is 19.2. The number of imide groups is 1. The Balaban J connectivity index is 1.36. The summed E-state index contributed by atoms with van der Waals surface area (Å²) in [5.41, 5.74) is 0.533. The summed E-state index contributed by atoms with van der Waals surface area (Å²) < 4.78 is 6.96. The van der Waals surface area contributed by atoms with Crippen LogP contribution in [0.25, 0.3) is 0 Å². The third-order valence-electron chi connectivity index (χ3n) is 6.65. The Morgan fingerprint density at radius 1 is 1.05 bits per heavy atom. The van der Waals surface area contributed by atoms with Gasteiger partial charge in [0.25, 0.3) is 5.69 Å². The molecule has 6 rings (SSSR count). The highest BCUT2D eigenvalue weighted by Crippen LogP contribution is 2.54. The Morgan fingerprint density at radius 3 is 2.42 bits per heavy atom. The molecule has 14 heteroatoms. The van der Waals surface area contributed by atoms with Gasteiger partial charge in [0.05, 0.1) is 38.6 Å². The van der Waals surface area contributed by atoms with Crippen molar-refractivity contribution in [2.45, 2.75) is 22.7 Å². The molecule has 0 unspecified atom stereocenters. The molecule has 1 fully saturated rings. The third kappa shape index (κ3) is 4.41. The molecule has 2 aliphatic heterocycles. The summed E-state index contributed by atoms with van der Waals surface area (Å²) in [7, 11) is 0. The standard InChI is InChI=1S/C26H17ClN4O7S2/c27-13-3-5-14(6-4-13)28-18(32)12-29-25-22(40-26(29)35)19(17-2-1-11-38-17)20-21(39-25)24(34)30(23(20)33)15-7-9-16(10-8-15)31(36)37/h1-11,19-21H,12H2,(H,28,32)/t19-,20-,21+/m0/s1. The van der Waals surface area contributed by atoms with Gasteiger partial charge in [-0.3, -0.25) is 33.9 Å². The van der Waals surface area contributed by atoms with Crippen molar-refractivity contribution in [1.82, 2.24) is 4.57 Å². The number of carbonyl (C=O) groups excluding carboxylic acids is 3. The summed E-state index contributed by atoms with van der Waals surface area (Å²) in [5, 5.41) is 13.8.